The van der Waals surface area contributed by atoms with Crippen LogP contribution in [0.1, 0.15) is 52.7 Å². The number of para-hydroxylation sites is 1. The van der Waals surface area contributed by atoms with Crippen molar-refractivity contribution in [2.45, 2.75) is 52.4 Å². The van der Waals surface area contributed by atoms with Crippen LogP contribution in [-0.4, -0.2) is 19.5 Å². The molecule has 5 aromatic carbocycles. The van der Waals surface area contributed by atoms with Crippen molar-refractivity contribution < 1.29 is 0 Å². The first kappa shape index (κ1) is 29.2. The van der Waals surface area contributed by atoms with E-state index in [1.54, 1.807) is 0 Å². The minimum atomic E-state index is -0.0278. The summed E-state index contributed by atoms with van der Waals surface area (Å²) < 4.78 is 2.25. The Morgan fingerprint density at radius 2 is 1.36 bits per heavy atom. The van der Waals surface area contributed by atoms with Gasteiger partial charge < -0.3 is 9.55 Å². The third-order valence-corrected chi connectivity index (χ3v) is 9.71. The molecule has 8 aromatic rings. The number of rotatable bonds is 3. The van der Waals surface area contributed by atoms with E-state index in [0.29, 0.717) is 0 Å². The zero-order valence-corrected chi connectivity index (χ0v) is 28.2. The predicted molar refractivity (Wildman–Crippen MR) is 199 cm³/mol. The Morgan fingerprint density at radius 3 is 2.17 bits per heavy atom. The lowest BCUT2D eigenvalue weighted by atomic mass is 9.84. The van der Waals surface area contributed by atoms with E-state index in [1.807, 2.05) is 6.20 Å². The van der Waals surface area contributed by atoms with Crippen LogP contribution in [-0.2, 0) is 17.9 Å². The van der Waals surface area contributed by atoms with Gasteiger partial charge in [-0.15, -0.1) is 0 Å². The van der Waals surface area contributed by atoms with Crippen LogP contribution in [0.4, 0.5) is 0 Å². The third-order valence-electron chi connectivity index (χ3n) is 9.71. The monoisotopic (exact) mass is 612 g/mol. The summed E-state index contributed by atoms with van der Waals surface area (Å²) in [6, 6.07) is 37.3. The molecule has 3 aromatic heterocycles. The highest BCUT2D eigenvalue weighted by Crippen LogP contribution is 2.41. The number of nitrogens with one attached hydrogen (secondary N) is 1. The van der Waals surface area contributed by atoms with Gasteiger partial charge in [0, 0.05) is 51.6 Å². The zero-order valence-electron chi connectivity index (χ0n) is 28.2. The number of H-pyrrole nitrogens is 1. The molecule has 0 bridgehead atoms. The first-order chi connectivity index (χ1) is 22.5. The second-order valence-corrected chi connectivity index (χ2v) is 15.0. The second-order valence-electron chi connectivity index (χ2n) is 15.0. The van der Waals surface area contributed by atoms with Crippen molar-refractivity contribution in [2.24, 2.45) is 7.05 Å². The number of hydrogen-bond acceptors (Lipinski definition) is 2. The lowest BCUT2D eigenvalue weighted by Gasteiger charge is -2.21. The number of imidazole rings is 1. The van der Waals surface area contributed by atoms with Crippen LogP contribution in [0.5, 0.6) is 0 Å². The van der Waals surface area contributed by atoms with Crippen LogP contribution in [0.25, 0.3) is 77.4 Å². The Kier molecular flexibility index (Phi) is 6.46. The van der Waals surface area contributed by atoms with Crippen LogP contribution in [0, 0.1) is 0 Å². The fraction of sp³-hybridized carbons (Fsp3) is 0.209. The standard InChI is InChI=1S/C43H40N4/c1-42(2,3)29-18-19-36-33(23-29)34-24-30(43(4,5)6)25-35(39(34)45-36)41-46-40-32(16-11-17-37(40)47(41)7)27-13-10-14-28(22-27)38-31-15-9-8-12-26(31)20-21-44-38/h8-25,45H,1-7H3. The number of fused-ring (bicyclic) bond motifs is 5. The lowest BCUT2D eigenvalue weighted by Crippen LogP contribution is -2.11. The lowest BCUT2D eigenvalue weighted by molar-refractivity contribution is 0.590. The third kappa shape index (κ3) is 4.82. The van der Waals surface area contributed by atoms with Crippen LogP contribution in [0.15, 0.2) is 109 Å². The number of nitrogens with zero attached hydrogens (tertiary/aromatic N) is 3. The van der Waals surface area contributed by atoms with Crippen molar-refractivity contribution >= 4 is 43.6 Å². The van der Waals surface area contributed by atoms with Crippen molar-refractivity contribution in [2.75, 3.05) is 0 Å². The van der Waals surface area contributed by atoms with Crippen LogP contribution in [0.3, 0.4) is 0 Å². The van der Waals surface area contributed by atoms with E-state index in [9.17, 15) is 0 Å². The zero-order chi connectivity index (χ0) is 32.7. The predicted octanol–water partition coefficient (Wildman–Crippen LogP) is 11.4. The Labute approximate surface area is 276 Å². The van der Waals surface area contributed by atoms with Gasteiger partial charge in [-0.2, -0.15) is 0 Å². The SMILES string of the molecule is Cn1c(-c2cc(C(C)(C)C)cc3c2[nH]c2ccc(C(C)(C)C)cc23)nc2c(-c3cccc(-c4nccc5ccccc45)c3)cccc21. The van der Waals surface area contributed by atoms with E-state index in [-0.39, 0.29) is 10.8 Å². The molecule has 3 heterocycles. The molecule has 47 heavy (non-hydrogen) atoms. The molecule has 0 aliphatic rings. The molecular weight excluding hydrogens is 573 g/mol. The van der Waals surface area contributed by atoms with Crippen molar-refractivity contribution in [3.63, 3.8) is 0 Å². The van der Waals surface area contributed by atoms with E-state index in [4.69, 9.17) is 9.97 Å². The van der Waals surface area contributed by atoms with Gasteiger partial charge in [0.2, 0.25) is 0 Å². The fourth-order valence-electron chi connectivity index (χ4n) is 6.95. The Hall–Kier alpha value is -5.22. The summed E-state index contributed by atoms with van der Waals surface area (Å²) in [6.45, 7) is 13.7. The van der Waals surface area contributed by atoms with Gasteiger partial charge >= 0.3 is 0 Å². The molecule has 4 heteroatoms. The molecule has 8 rings (SSSR count). The normalized spacial score (nSPS) is 12.6. The first-order valence-corrected chi connectivity index (χ1v) is 16.5. The molecule has 0 fully saturated rings. The van der Waals surface area contributed by atoms with E-state index in [1.165, 1.54) is 27.3 Å². The van der Waals surface area contributed by atoms with Crippen LogP contribution in [0.2, 0.25) is 0 Å². The highest BCUT2D eigenvalue weighted by molar-refractivity contribution is 6.12. The fourth-order valence-corrected chi connectivity index (χ4v) is 6.95. The van der Waals surface area contributed by atoms with Gasteiger partial charge in [0.05, 0.1) is 22.2 Å². The second kappa shape index (κ2) is 10.4. The summed E-state index contributed by atoms with van der Waals surface area (Å²) in [5, 5.41) is 4.85. The topological polar surface area (TPSA) is 46.5 Å². The number of aromatic amines is 1. The molecule has 0 atom stereocenters. The number of benzene rings is 5. The van der Waals surface area contributed by atoms with Crippen LogP contribution >= 0.6 is 0 Å². The number of pyridine rings is 1. The average molecular weight is 613 g/mol. The molecule has 4 nitrogen and oxygen atoms in total. The van der Waals surface area contributed by atoms with Gasteiger partial charge in [-0.25, -0.2) is 4.98 Å². The quantitative estimate of drug-likeness (QED) is 0.216. The summed E-state index contributed by atoms with van der Waals surface area (Å²) in [6.07, 6.45) is 1.90. The molecular formula is C43H40N4. The molecule has 0 saturated heterocycles. The molecule has 0 amide bonds. The van der Waals surface area contributed by atoms with Gasteiger partial charge in [-0.05, 0) is 75.4 Å². The molecule has 0 spiro atoms. The highest BCUT2D eigenvalue weighted by Gasteiger charge is 2.23. The van der Waals surface area contributed by atoms with Crippen LogP contribution < -0.4 is 0 Å². The number of hydrogen-bond donors (Lipinski definition) is 1. The Bertz CT molecular complexity index is 2490. The van der Waals surface area contributed by atoms with E-state index in [2.05, 4.69) is 161 Å². The van der Waals surface area contributed by atoms with Crippen molar-refractivity contribution in [1.29, 1.82) is 0 Å². The van der Waals surface area contributed by atoms with E-state index in [0.717, 1.165) is 61.2 Å². The largest absolute Gasteiger partial charge is 0.354 e. The summed E-state index contributed by atoms with van der Waals surface area (Å²) in [5.74, 6) is 0.957. The van der Waals surface area contributed by atoms with Crippen molar-refractivity contribution in [3.8, 4) is 33.8 Å². The average Bonchev–Trinajstić information content (AvgIpc) is 3.60. The molecule has 0 radical (unpaired) electrons. The van der Waals surface area contributed by atoms with Gasteiger partial charge in [-0.1, -0.05) is 102 Å². The van der Waals surface area contributed by atoms with Crippen molar-refractivity contribution in [3.05, 3.63) is 120 Å². The minimum Gasteiger partial charge on any atom is -0.354 e. The number of aryl methyl sites for hydroxylation is 1. The maximum atomic E-state index is 5.44. The summed E-state index contributed by atoms with van der Waals surface area (Å²) in [5.41, 5.74) is 12.5. The molecule has 232 valence electrons. The summed E-state index contributed by atoms with van der Waals surface area (Å²) in [4.78, 5) is 14.0. The maximum absolute atomic E-state index is 5.44. The first-order valence-electron chi connectivity index (χ1n) is 16.5. The molecule has 0 saturated carbocycles. The summed E-state index contributed by atoms with van der Waals surface area (Å²) in [7, 11) is 2.14. The van der Waals surface area contributed by atoms with Gasteiger partial charge in [0.15, 0.2) is 0 Å². The smallest absolute Gasteiger partial charge is 0.143 e. The van der Waals surface area contributed by atoms with E-state index < -0.39 is 0 Å². The number of aromatic nitrogens is 4. The van der Waals surface area contributed by atoms with Gasteiger partial charge in [0.1, 0.15) is 5.82 Å². The molecule has 1 N–H and O–H groups in total. The summed E-state index contributed by atoms with van der Waals surface area (Å²) >= 11 is 0. The maximum Gasteiger partial charge on any atom is 0.143 e. The molecule has 0 aliphatic heterocycles. The van der Waals surface area contributed by atoms with E-state index >= 15 is 0 Å². The van der Waals surface area contributed by atoms with Gasteiger partial charge in [-0.3, -0.25) is 4.98 Å². The van der Waals surface area contributed by atoms with Crippen molar-refractivity contribution in [1.82, 2.24) is 19.5 Å². The Morgan fingerprint density at radius 1 is 0.617 bits per heavy atom. The molecule has 0 unspecified atom stereocenters. The highest BCUT2D eigenvalue weighted by atomic mass is 15.1. The molecule has 0 aliphatic carbocycles. The van der Waals surface area contributed by atoms with Gasteiger partial charge in [0.25, 0.3) is 0 Å². The minimum absolute atomic E-state index is 0.0278. The Balaban J connectivity index is 1.34.